The molecule has 1 unspecified atom stereocenters. The SMILES string of the molecule is CCOC(=O)C(CC)C(C)=NNC(=O)COc1ccc(C)cc1Br. The third kappa shape index (κ3) is 6.31. The normalized spacial score (nSPS) is 12.5. The Bertz CT molecular complexity index is 617. The van der Waals surface area contributed by atoms with Crippen molar-refractivity contribution in [2.24, 2.45) is 11.0 Å². The quantitative estimate of drug-likeness (QED) is 0.414. The second kappa shape index (κ2) is 10.1. The van der Waals surface area contributed by atoms with Crippen LogP contribution in [0.3, 0.4) is 0 Å². The van der Waals surface area contributed by atoms with Crippen molar-refractivity contribution in [3.05, 3.63) is 28.2 Å². The standard InChI is InChI=1S/C17H23BrN2O4/c1-5-13(17(22)23-6-2)12(4)19-20-16(21)10-24-15-8-7-11(3)9-14(15)18/h7-9,13H,5-6,10H2,1-4H3,(H,20,21). The summed E-state index contributed by atoms with van der Waals surface area (Å²) in [4.78, 5) is 23.6. The van der Waals surface area contributed by atoms with Crippen LogP contribution in [0.25, 0.3) is 0 Å². The molecule has 0 saturated carbocycles. The largest absolute Gasteiger partial charge is 0.483 e. The highest BCUT2D eigenvalue weighted by atomic mass is 79.9. The molecule has 7 heteroatoms. The smallest absolute Gasteiger partial charge is 0.314 e. The first-order valence-corrected chi connectivity index (χ1v) is 8.56. The summed E-state index contributed by atoms with van der Waals surface area (Å²) in [5, 5.41) is 3.97. The van der Waals surface area contributed by atoms with Crippen LogP contribution < -0.4 is 10.2 Å². The zero-order chi connectivity index (χ0) is 18.1. The van der Waals surface area contributed by atoms with Crippen LogP contribution >= 0.6 is 15.9 Å². The van der Waals surface area contributed by atoms with Gasteiger partial charge in [-0.1, -0.05) is 13.0 Å². The van der Waals surface area contributed by atoms with Crippen molar-refractivity contribution in [3.63, 3.8) is 0 Å². The molecule has 132 valence electrons. The van der Waals surface area contributed by atoms with E-state index in [-0.39, 0.29) is 12.6 Å². The first-order chi connectivity index (χ1) is 11.4. The number of halogens is 1. The number of hydrazone groups is 1. The third-order valence-corrected chi connectivity index (χ3v) is 3.91. The van der Waals surface area contributed by atoms with E-state index in [2.05, 4.69) is 26.5 Å². The van der Waals surface area contributed by atoms with E-state index in [4.69, 9.17) is 9.47 Å². The van der Waals surface area contributed by atoms with Crippen molar-refractivity contribution >= 4 is 33.5 Å². The maximum absolute atomic E-state index is 11.8. The number of rotatable bonds is 8. The van der Waals surface area contributed by atoms with E-state index in [0.717, 1.165) is 10.0 Å². The lowest BCUT2D eigenvalue weighted by atomic mass is 10.0. The van der Waals surface area contributed by atoms with Crippen molar-refractivity contribution in [3.8, 4) is 5.75 Å². The molecule has 0 bridgehead atoms. The molecule has 24 heavy (non-hydrogen) atoms. The van der Waals surface area contributed by atoms with Crippen LogP contribution in [0.4, 0.5) is 0 Å². The van der Waals surface area contributed by atoms with Gasteiger partial charge in [-0.2, -0.15) is 5.10 Å². The van der Waals surface area contributed by atoms with E-state index in [1.165, 1.54) is 0 Å². The Balaban J connectivity index is 2.56. The van der Waals surface area contributed by atoms with Crippen LogP contribution in [0.5, 0.6) is 5.75 Å². The number of hydrogen-bond donors (Lipinski definition) is 1. The average Bonchev–Trinajstić information content (AvgIpc) is 2.53. The molecule has 1 N–H and O–H groups in total. The van der Waals surface area contributed by atoms with Gasteiger partial charge < -0.3 is 9.47 Å². The molecule has 0 aliphatic heterocycles. The molecule has 1 aromatic carbocycles. The van der Waals surface area contributed by atoms with E-state index in [1.807, 2.05) is 26.0 Å². The minimum Gasteiger partial charge on any atom is -0.483 e. The molecule has 0 heterocycles. The van der Waals surface area contributed by atoms with Crippen molar-refractivity contribution in [2.45, 2.75) is 34.1 Å². The van der Waals surface area contributed by atoms with E-state index in [0.29, 0.717) is 24.5 Å². The molecule has 0 fully saturated rings. The maximum atomic E-state index is 11.8. The van der Waals surface area contributed by atoms with Crippen LogP contribution in [-0.4, -0.2) is 30.8 Å². The molecular weight excluding hydrogens is 376 g/mol. The molecule has 0 saturated heterocycles. The van der Waals surface area contributed by atoms with E-state index in [9.17, 15) is 9.59 Å². The average molecular weight is 399 g/mol. The van der Waals surface area contributed by atoms with Gasteiger partial charge >= 0.3 is 5.97 Å². The highest BCUT2D eigenvalue weighted by Crippen LogP contribution is 2.25. The van der Waals surface area contributed by atoms with Gasteiger partial charge in [-0.05, 0) is 60.8 Å². The summed E-state index contributed by atoms with van der Waals surface area (Å²) in [6, 6.07) is 5.58. The number of ether oxygens (including phenoxy) is 2. The predicted octanol–water partition coefficient (Wildman–Crippen LogP) is 3.22. The number of carbonyl (C=O) groups excluding carboxylic acids is 2. The molecule has 0 aliphatic rings. The molecule has 0 aromatic heterocycles. The van der Waals surface area contributed by atoms with Gasteiger partial charge in [0.15, 0.2) is 6.61 Å². The fraction of sp³-hybridized carbons (Fsp3) is 0.471. The number of hydrogen-bond acceptors (Lipinski definition) is 5. The maximum Gasteiger partial charge on any atom is 0.314 e. The Kier molecular flexibility index (Phi) is 8.46. The number of amides is 1. The molecule has 1 amide bonds. The van der Waals surface area contributed by atoms with Crippen LogP contribution in [0, 0.1) is 12.8 Å². The van der Waals surface area contributed by atoms with Gasteiger partial charge in [-0.15, -0.1) is 0 Å². The predicted molar refractivity (Wildman–Crippen MR) is 96.0 cm³/mol. The number of nitrogens with zero attached hydrogens (tertiary/aromatic N) is 1. The fourth-order valence-corrected chi connectivity index (χ4v) is 2.61. The highest BCUT2D eigenvalue weighted by Gasteiger charge is 2.21. The van der Waals surface area contributed by atoms with Crippen molar-refractivity contribution in [2.75, 3.05) is 13.2 Å². The van der Waals surface area contributed by atoms with Gasteiger partial charge in [0.25, 0.3) is 5.91 Å². The van der Waals surface area contributed by atoms with Crippen LogP contribution in [0.1, 0.15) is 32.8 Å². The zero-order valence-electron chi connectivity index (χ0n) is 14.4. The molecule has 1 atom stereocenters. The van der Waals surface area contributed by atoms with Gasteiger partial charge in [0.05, 0.1) is 17.0 Å². The molecule has 0 aliphatic carbocycles. The Morgan fingerprint density at radius 2 is 2.04 bits per heavy atom. The number of benzene rings is 1. The fourth-order valence-electron chi connectivity index (χ4n) is 2.00. The van der Waals surface area contributed by atoms with Gasteiger partial charge in [0, 0.05) is 5.71 Å². The third-order valence-electron chi connectivity index (χ3n) is 3.29. The highest BCUT2D eigenvalue weighted by molar-refractivity contribution is 9.10. The molecule has 1 rings (SSSR count). The second-order valence-electron chi connectivity index (χ2n) is 5.22. The number of carbonyl (C=O) groups is 2. The Morgan fingerprint density at radius 1 is 1.33 bits per heavy atom. The summed E-state index contributed by atoms with van der Waals surface area (Å²) in [7, 11) is 0. The van der Waals surface area contributed by atoms with Gasteiger partial charge in [0.2, 0.25) is 0 Å². The topological polar surface area (TPSA) is 77.0 Å². The Morgan fingerprint density at radius 3 is 2.62 bits per heavy atom. The van der Waals surface area contributed by atoms with E-state index >= 15 is 0 Å². The summed E-state index contributed by atoms with van der Waals surface area (Å²) in [6.45, 7) is 7.40. The minimum absolute atomic E-state index is 0.172. The molecule has 6 nitrogen and oxygen atoms in total. The van der Waals surface area contributed by atoms with Crippen LogP contribution in [-0.2, 0) is 14.3 Å². The van der Waals surface area contributed by atoms with Crippen molar-refractivity contribution in [1.82, 2.24) is 5.43 Å². The minimum atomic E-state index is -0.461. The summed E-state index contributed by atoms with van der Waals surface area (Å²) in [6.07, 6.45) is 0.552. The lowest BCUT2D eigenvalue weighted by molar-refractivity contribution is -0.145. The summed E-state index contributed by atoms with van der Waals surface area (Å²) < 4.78 is 11.2. The first-order valence-electron chi connectivity index (χ1n) is 7.77. The number of aryl methyl sites for hydroxylation is 1. The molecule has 0 spiro atoms. The molecule has 1 aromatic rings. The molecule has 0 radical (unpaired) electrons. The summed E-state index contributed by atoms with van der Waals surface area (Å²) in [5.41, 5.74) is 3.98. The van der Waals surface area contributed by atoms with Crippen LogP contribution in [0.2, 0.25) is 0 Å². The van der Waals surface area contributed by atoms with E-state index < -0.39 is 11.8 Å². The summed E-state index contributed by atoms with van der Waals surface area (Å²) >= 11 is 3.38. The summed E-state index contributed by atoms with van der Waals surface area (Å²) in [5.74, 6) is -0.623. The van der Waals surface area contributed by atoms with Gasteiger partial charge in [0.1, 0.15) is 5.75 Å². The van der Waals surface area contributed by atoms with Crippen LogP contribution in [0.15, 0.2) is 27.8 Å². The number of esters is 1. The van der Waals surface area contributed by atoms with E-state index in [1.54, 1.807) is 19.9 Å². The van der Waals surface area contributed by atoms with Gasteiger partial charge in [-0.25, -0.2) is 5.43 Å². The monoisotopic (exact) mass is 398 g/mol. The second-order valence-corrected chi connectivity index (χ2v) is 6.08. The lowest BCUT2D eigenvalue weighted by Gasteiger charge is -2.13. The molecular formula is C17H23BrN2O4. The lowest BCUT2D eigenvalue weighted by Crippen LogP contribution is -2.29. The van der Waals surface area contributed by atoms with Crippen molar-refractivity contribution < 1.29 is 19.1 Å². The Hall–Kier alpha value is -1.89. The first kappa shape index (κ1) is 20.2. The number of nitrogens with one attached hydrogen (secondary N) is 1. The Labute approximate surface area is 150 Å². The zero-order valence-corrected chi connectivity index (χ0v) is 16.0. The van der Waals surface area contributed by atoms with Gasteiger partial charge in [-0.3, -0.25) is 9.59 Å². The van der Waals surface area contributed by atoms with Crippen molar-refractivity contribution in [1.29, 1.82) is 0 Å².